The van der Waals surface area contributed by atoms with E-state index in [2.05, 4.69) is 76.4 Å². The highest BCUT2D eigenvalue weighted by Gasteiger charge is 2.30. The summed E-state index contributed by atoms with van der Waals surface area (Å²) in [6.45, 7) is 9.32. The first kappa shape index (κ1) is 26.6. The van der Waals surface area contributed by atoms with Crippen LogP contribution in [0.1, 0.15) is 91.2 Å². The minimum absolute atomic E-state index is 0.310. The smallest absolute Gasteiger partial charge is 0.335 e. The lowest BCUT2D eigenvalue weighted by molar-refractivity contribution is 0.0697. The Kier molecular flexibility index (Phi) is 7.96. The second kappa shape index (κ2) is 11.4. The molecule has 5 unspecified atom stereocenters. The van der Waals surface area contributed by atoms with E-state index in [0.717, 1.165) is 50.3 Å². The monoisotopic (exact) mass is 523 g/mol. The molecule has 3 nitrogen and oxygen atoms in total. The second-order valence-electron chi connectivity index (χ2n) is 11.0. The van der Waals surface area contributed by atoms with Crippen LogP contribution in [-0.2, 0) is 6.42 Å². The van der Waals surface area contributed by atoms with Crippen LogP contribution in [0.4, 0.5) is 0 Å². The van der Waals surface area contributed by atoms with E-state index < -0.39 is 5.97 Å². The Morgan fingerprint density at radius 3 is 2.50 bits per heavy atom. The van der Waals surface area contributed by atoms with Gasteiger partial charge in [0.05, 0.1) is 11.3 Å². The molecule has 2 heterocycles. The number of carboxylic acids is 1. The van der Waals surface area contributed by atoms with Crippen molar-refractivity contribution in [2.45, 2.75) is 65.0 Å². The van der Waals surface area contributed by atoms with Gasteiger partial charge in [-0.1, -0.05) is 77.9 Å². The van der Waals surface area contributed by atoms with E-state index in [0.29, 0.717) is 23.3 Å². The number of hydrogen-bond donors (Lipinski definition) is 1. The topological polar surface area (TPSA) is 50.2 Å². The molecule has 1 aliphatic carbocycles. The van der Waals surface area contributed by atoms with Crippen molar-refractivity contribution < 1.29 is 9.90 Å². The van der Waals surface area contributed by atoms with Crippen LogP contribution in [0.15, 0.2) is 78.3 Å². The molecule has 2 aliphatic rings. The maximum absolute atomic E-state index is 11.5. The zero-order valence-electron chi connectivity index (χ0n) is 22.9. The molecule has 1 aliphatic heterocycles. The summed E-state index contributed by atoms with van der Waals surface area (Å²) in [5.74, 6) is 0.540. The number of benzene rings is 2. The number of hydrogen-bond acceptors (Lipinski definition) is 2. The quantitative estimate of drug-likeness (QED) is 0.315. The number of carbonyl (C=O) groups is 1. The average Bonchev–Trinajstić information content (AvgIpc) is 3.10. The van der Waals surface area contributed by atoms with Crippen LogP contribution in [0, 0.1) is 11.8 Å². The predicted molar refractivity (Wildman–Crippen MR) is 160 cm³/mol. The van der Waals surface area contributed by atoms with E-state index in [1.165, 1.54) is 34.0 Å². The lowest BCUT2D eigenvalue weighted by atomic mass is 9.86. The van der Waals surface area contributed by atoms with Crippen molar-refractivity contribution in [2.75, 3.05) is 0 Å². The third-order valence-corrected chi connectivity index (χ3v) is 10.5. The maximum Gasteiger partial charge on any atom is 0.335 e. The molecule has 5 atom stereocenters. The standard InChI is InChI=1S/C34H38NO2P/c1-5-31-22(3)32(23(4)38-31)29-19-28-12-11-24(17-21(2)25-9-7-6-8-10-25)18-30(33(28)35-20-29)26-13-15-27(16-14-26)34(36)37/h6-10,13-16,18-22,24,31,38H,5,11-12,17H2,1-4H3,(H,36,37). The van der Waals surface area contributed by atoms with Crippen molar-refractivity contribution in [2.24, 2.45) is 11.8 Å². The summed E-state index contributed by atoms with van der Waals surface area (Å²) >= 11 is 0. The summed E-state index contributed by atoms with van der Waals surface area (Å²) in [4.78, 5) is 16.6. The van der Waals surface area contributed by atoms with Gasteiger partial charge in [-0.15, -0.1) is 0 Å². The molecule has 0 spiro atoms. The summed E-state index contributed by atoms with van der Waals surface area (Å²) in [6.07, 6.45) is 8.87. The van der Waals surface area contributed by atoms with Crippen LogP contribution < -0.4 is 0 Å². The van der Waals surface area contributed by atoms with Gasteiger partial charge in [-0.05, 0) is 107 Å². The molecular formula is C34H38NO2P. The number of aromatic nitrogens is 1. The van der Waals surface area contributed by atoms with Gasteiger partial charge in [-0.3, -0.25) is 4.98 Å². The molecule has 0 amide bonds. The van der Waals surface area contributed by atoms with Crippen molar-refractivity contribution in [1.82, 2.24) is 4.98 Å². The summed E-state index contributed by atoms with van der Waals surface area (Å²) in [6, 6.07) is 20.5. The van der Waals surface area contributed by atoms with Crippen molar-refractivity contribution >= 4 is 25.7 Å². The Balaban J connectivity index is 1.52. The van der Waals surface area contributed by atoms with Gasteiger partial charge in [0.15, 0.2) is 0 Å². The second-order valence-corrected chi connectivity index (χ2v) is 12.8. The molecule has 0 saturated carbocycles. The van der Waals surface area contributed by atoms with Crippen LogP contribution >= 0.6 is 8.58 Å². The number of aryl methyl sites for hydroxylation is 1. The van der Waals surface area contributed by atoms with Crippen molar-refractivity contribution in [3.05, 3.63) is 112 Å². The van der Waals surface area contributed by atoms with Crippen LogP contribution in [0.3, 0.4) is 0 Å². The number of carboxylic acid groups (broad SMARTS) is 1. The third kappa shape index (κ3) is 5.40. The van der Waals surface area contributed by atoms with E-state index in [9.17, 15) is 9.90 Å². The first-order valence-corrected chi connectivity index (χ1v) is 15.0. The normalized spacial score (nSPS) is 22.6. The Morgan fingerprint density at radius 2 is 1.84 bits per heavy atom. The number of nitrogens with zero attached hydrogens (tertiary/aromatic N) is 1. The van der Waals surface area contributed by atoms with Crippen molar-refractivity contribution in [1.29, 1.82) is 0 Å². The number of fused-ring (bicyclic) bond motifs is 1. The Hall–Kier alpha value is -3.03. The largest absolute Gasteiger partial charge is 0.478 e. The average molecular weight is 524 g/mol. The first-order valence-electron chi connectivity index (χ1n) is 13.9. The van der Waals surface area contributed by atoms with E-state index in [1.54, 1.807) is 12.1 Å². The van der Waals surface area contributed by atoms with Gasteiger partial charge < -0.3 is 5.11 Å². The van der Waals surface area contributed by atoms with E-state index in [1.807, 2.05) is 12.1 Å². The first-order chi connectivity index (χ1) is 18.4. The van der Waals surface area contributed by atoms with Crippen LogP contribution in [0.25, 0.3) is 11.1 Å². The van der Waals surface area contributed by atoms with Gasteiger partial charge in [0.2, 0.25) is 0 Å². The molecule has 196 valence electrons. The maximum atomic E-state index is 11.5. The van der Waals surface area contributed by atoms with Gasteiger partial charge in [0, 0.05) is 11.8 Å². The molecule has 4 heteroatoms. The highest BCUT2D eigenvalue weighted by molar-refractivity contribution is 7.44. The highest BCUT2D eigenvalue weighted by atomic mass is 31.1. The number of pyridine rings is 1. The minimum Gasteiger partial charge on any atom is -0.478 e. The summed E-state index contributed by atoms with van der Waals surface area (Å²) in [5, 5.41) is 11.0. The van der Waals surface area contributed by atoms with Gasteiger partial charge >= 0.3 is 5.97 Å². The molecule has 38 heavy (non-hydrogen) atoms. The Labute approximate surface area is 228 Å². The van der Waals surface area contributed by atoms with E-state index in [4.69, 9.17) is 4.98 Å². The molecule has 3 aromatic rings. The molecular weight excluding hydrogens is 485 g/mol. The van der Waals surface area contributed by atoms with E-state index >= 15 is 0 Å². The number of allylic oxidation sites excluding steroid dienone is 3. The number of aromatic carboxylic acids is 1. The van der Waals surface area contributed by atoms with Gasteiger partial charge in [0.25, 0.3) is 0 Å². The fourth-order valence-electron chi connectivity index (χ4n) is 6.37. The molecule has 0 saturated heterocycles. The summed E-state index contributed by atoms with van der Waals surface area (Å²) in [5.41, 5.74) is 9.73. The molecule has 1 N–H and O–H groups in total. The fourth-order valence-corrected chi connectivity index (χ4v) is 8.08. The zero-order chi connectivity index (χ0) is 26.8. The molecule has 1 aromatic heterocycles. The van der Waals surface area contributed by atoms with Crippen molar-refractivity contribution in [3.63, 3.8) is 0 Å². The van der Waals surface area contributed by atoms with Gasteiger partial charge in [-0.25, -0.2) is 4.79 Å². The summed E-state index contributed by atoms with van der Waals surface area (Å²) < 4.78 is 0. The minimum atomic E-state index is -0.899. The molecule has 5 rings (SSSR count). The predicted octanol–water partition coefficient (Wildman–Crippen LogP) is 8.81. The van der Waals surface area contributed by atoms with Gasteiger partial charge in [-0.2, -0.15) is 0 Å². The van der Waals surface area contributed by atoms with Crippen LogP contribution in [0.5, 0.6) is 0 Å². The third-order valence-electron chi connectivity index (χ3n) is 8.49. The van der Waals surface area contributed by atoms with E-state index in [-0.39, 0.29) is 0 Å². The zero-order valence-corrected chi connectivity index (χ0v) is 23.9. The fraction of sp³-hybridized carbons (Fsp3) is 0.353. The van der Waals surface area contributed by atoms with Crippen LogP contribution in [0.2, 0.25) is 0 Å². The van der Waals surface area contributed by atoms with Crippen molar-refractivity contribution in [3.8, 4) is 0 Å². The number of rotatable bonds is 7. The van der Waals surface area contributed by atoms with Crippen LogP contribution in [-0.4, -0.2) is 21.7 Å². The van der Waals surface area contributed by atoms with Gasteiger partial charge in [0.1, 0.15) is 0 Å². The lowest BCUT2D eigenvalue weighted by Crippen LogP contribution is -2.09. The summed E-state index contributed by atoms with van der Waals surface area (Å²) in [7, 11) is 0.908. The SMILES string of the molecule is CCC1PC(C)=C(c2cnc3c(c2)CCC(CC(C)c2ccccc2)C=C3c2ccc(C(=O)O)cc2)C1C. The molecule has 0 bridgehead atoms. The lowest BCUT2D eigenvalue weighted by Gasteiger charge is -2.18. The highest BCUT2D eigenvalue weighted by Crippen LogP contribution is 2.52. The Bertz CT molecular complexity index is 1370. The molecule has 0 fully saturated rings. The Morgan fingerprint density at radius 1 is 1.11 bits per heavy atom. The molecule has 0 radical (unpaired) electrons. The molecule has 2 aromatic carbocycles.